The van der Waals surface area contributed by atoms with Crippen LogP contribution in [0, 0.1) is 6.92 Å². The molecule has 90 valence electrons. The summed E-state index contributed by atoms with van der Waals surface area (Å²) in [5, 5.41) is 0. The number of nitrogen functional groups attached to an aromatic ring is 2. The normalized spacial score (nSPS) is 11.1. The van der Waals surface area contributed by atoms with Gasteiger partial charge in [0.05, 0.1) is 0 Å². The van der Waals surface area contributed by atoms with Crippen LogP contribution in [-0.4, -0.2) is 9.66 Å². The minimum absolute atomic E-state index is 0.0313. The van der Waals surface area contributed by atoms with Gasteiger partial charge in [-0.3, -0.25) is 0 Å². The summed E-state index contributed by atoms with van der Waals surface area (Å²) in [7, 11) is 0. The van der Waals surface area contributed by atoms with Crippen LogP contribution in [0.1, 0.15) is 17.8 Å². The smallest absolute Gasteiger partial charge is 0.263 e. The van der Waals surface area contributed by atoms with Crippen molar-refractivity contribution in [3.8, 4) is 11.3 Å². The van der Waals surface area contributed by atoms with E-state index in [4.69, 9.17) is 11.6 Å². The molecule has 0 saturated heterocycles. The van der Waals surface area contributed by atoms with E-state index in [1.807, 2.05) is 0 Å². The second-order valence-corrected chi connectivity index (χ2v) is 3.69. The lowest BCUT2D eigenvalue weighted by molar-refractivity contribution is 0.151. The molecule has 0 fully saturated rings. The zero-order chi connectivity index (χ0) is 12.6. The second kappa shape index (κ2) is 4.04. The van der Waals surface area contributed by atoms with Gasteiger partial charge in [0, 0.05) is 11.1 Å². The van der Waals surface area contributed by atoms with Gasteiger partial charge in [-0.05, 0) is 6.92 Å². The van der Waals surface area contributed by atoms with Crippen LogP contribution in [0.2, 0.25) is 0 Å². The van der Waals surface area contributed by atoms with Gasteiger partial charge in [0.15, 0.2) is 5.82 Å². The van der Waals surface area contributed by atoms with Crippen LogP contribution < -0.4 is 11.6 Å². The van der Waals surface area contributed by atoms with Crippen LogP contribution >= 0.6 is 0 Å². The van der Waals surface area contributed by atoms with Crippen LogP contribution in [0.3, 0.4) is 0 Å². The van der Waals surface area contributed by atoms with Crippen molar-refractivity contribution in [1.82, 2.24) is 9.66 Å². The van der Waals surface area contributed by atoms with E-state index in [0.717, 1.165) is 0 Å². The van der Waals surface area contributed by atoms with Gasteiger partial charge < -0.3 is 11.6 Å². The molecule has 0 atom stereocenters. The molecule has 17 heavy (non-hydrogen) atoms. The zero-order valence-corrected chi connectivity index (χ0v) is 9.19. The molecule has 0 aliphatic carbocycles. The first-order valence-electron chi connectivity index (χ1n) is 4.99. The largest absolute Gasteiger partial charge is 0.382 e. The highest BCUT2D eigenvalue weighted by Gasteiger charge is 2.13. The van der Waals surface area contributed by atoms with Gasteiger partial charge in [-0.1, -0.05) is 24.3 Å². The van der Waals surface area contributed by atoms with E-state index in [1.54, 1.807) is 19.1 Å². The lowest BCUT2D eigenvalue weighted by Gasteiger charge is -2.02. The van der Waals surface area contributed by atoms with Gasteiger partial charge in [0.1, 0.15) is 11.5 Å². The molecule has 0 unspecified atom stereocenters. The van der Waals surface area contributed by atoms with Gasteiger partial charge in [0.25, 0.3) is 6.43 Å². The Labute approximate surface area is 96.8 Å². The number of hydrogen-bond donors (Lipinski definition) is 2. The highest BCUT2D eigenvalue weighted by atomic mass is 19.3. The van der Waals surface area contributed by atoms with Crippen LogP contribution in [0.4, 0.5) is 14.6 Å². The Bertz CT molecular complexity index is 531. The van der Waals surface area contributed by atoms with Crippen molar-refractivity contribution in [2.45, 2.75) is 13.3 Å². The van der Waals surface area contributed by atoms with E-state index in [9.17, 15) is 8.78 Å². The third-order valence-electron chi connectivity index (χ3n) is 2.56. The molecule has 1 heterocycles. The second-order valence-electron chi connectivity index (χ2n) is 3.69. The van der Waals surface area contributed by atoms with Gasteiger partial charge in [0.2, 0.25) is 0 Å². The highest BCUT2D eigenvalue weighted by Crippen LogP contribution is 2.27. The van der Waals surface area contributed by atoms with Crippen LogP contribution in [0.25, 0.3) is 11.3 Å². The first kappa shape index (κ1) is 11.4. The third-order valence-corrected chi connectivity index (χ3v) is 2.56. The number of alkyl halides is 2. The van der Waals surface area contributed by atoms with Crippen LogP contribution in [-0.2, 0) is 0 Å². The molecule has 0 spiro atoms. The molecule has 0 amide bonds. The molecule has 0 aliphatic rings. The Morgan fingerprint density at radius 2 is 1.82 bits per heavy atom. The number of nitrogens with two attached hydrogens (primary N) is 2. The number of nitrogens with zero attached hydrogens (tertiary/aromatic N) is 2. The zero-order valence-electron chi connectivity index (χ0n) is 9.19. The summed E-state index contributed by atoms with van der Waals surface area (Å²) in [6.45, 7) is 1.72. The summed E-state index contributed by atoms with van der Waals surface area (Å²) in [5.41, 5.74) is 6.90. The molecule has 0 saturated carbocycles. The van der Waals surface area contributed by atoms with Gasteiger partial charge in [-0.2, -0.15) is 0 Å². The Morgan fingerprint density at radius 3 is 2.24 bits per heavy atom. The number of imidazole rings is 1. The predicted molar refractivity (Wildman–Crippen MR) is 61.9 cm³/mol. The minimum Gasteiger partial charge on any atom is -0.382 e. The number of benzene rings is 1. The van der Waals surface area contributed by atoms with Crippen molar-refractivity contribution < 1.29 is 8.78 Å². The van der Waals surface area contributed by atoms with Crippen molar-refractivity contribution >= 4 is 5.82 Å². The quantitative estimate of drug-likeness (QED) is 0.787. The summed E-state index contributed by atoms with van der Waals surface area (Å²) < 4.78 is 26.0. The Morgan fingerprint density at radius 1 is 1.24 bits per heavy atom. The maximum Gasteiger partial charge on any atom is 0.263 e. The minimum atomic E-state index is -2.48. The fourth-order valence-corrected chi connectivity index (χ4v) is 1.56. The number of halogens is 2. The van der Waals surface area contributed by atoms with E-state index in [-0.39, 0.29) is 5.56 Å². The third kappa shape index (κ3) is 1.93. The first-order chi connectivity index (χ1) is 8.00. The van der Waals surface area contributed by atoms with Gasteiger partial charge in [-0.25, -0.2) is 18.4 Å². The Kier molecular flexibility index (Phi) is 2.71. The number of anilines is 1. The Hall–Kier alpha value is -2.11. The Balaban J connectivity index is 2.43. The molecule has 0 radical (unpaired) electrons. The molecular weight excluding hydrogens is 226 g/mol. The molecule has 4 nitrogen and oxygen atoms in total. The molecule has 4 N–H and O–H groups in total. The fourth-order valence-electron chi connectivity index (χ4n) is 1.56. The van der Waals surface area contributed by atoms with Crippen LogP contribution in [0.5, 0.6) is 0 Å². The van der Waals surface area contributed by atoms with E-state index >= 15 is 0 Å². The summed E-state index contributed by atoms with van der Waals surface area (Å²) >= 11 is 0. The topological polar surface area (TPSA) is 69.9 Å². The molecule has 1 aromatic heterocycles. The van der Waals surface area contributed by atoms with E-state index in [0.29, 0.717) is 22.9 Å². The molecule has 0 aliphatic heterocycles. The monoisotopic (exact) mass is 238 g/mol. The van der Waals surface area contributed by atoms with Crippen molar-refractivity contribution in [3.05, 3.63) is 35.7 Å². The molecule has 2 aromatic rings. The molecular formula is C11H12F2N4. The molecule has 6 heteroatoms. The van der Waals surface area contributed by atoms with E-state index < -0.39 is 6.43 Å². The highest BCUT2D eigenvalue weighted by molar-refractivity contribution is 5.71. The average molecular weight is 238 g/mol. The summed E-state index contributed by atoms with van der Waals surface area (Å²) in [4.78, 5) is 4.18. The fraction of sp³-hybridized carbons (Fsp3) is 0.182. The van der Waals surface area contributed by atoms with Crippen LogP contribution in [0.15, 0.2) is 24.3 Å². The van der Waals surface area contributed by atoms with E-state index in [2.05, 4.69) is 4.98 Å². The number of rotatable bonds is 2. The summed E-state index contributed by atoms with van der Waals surface area (Å²) in [6.07, 6.45) is -2.48. The number of aryl methyl sites for hydroxylation is 1. The number of aromatic nitrogens is 2. The SMILES string of the molecule is Cc1nc(-c2ccc(C(F)F)cc2)c(N)n1N. The van der Waals surface area contributed by atoms with Crippen molar-refractivity contribution in [2.75, 3.05) is 11.6 Å². The maximum atomic E-state index is 12.4. The number of hydrogen-bond acceptors (Lipinski definition) is 3. The lowest BCUT2D eigenvalue weighted by Crippen LogP contribution is -2.13. The maximum absolute atomic E-state index is 12.4. The molecule has 0 bridgehead atoms. The van der Waals surface area contributed by atoms with Gasteiger partial charge in [-0.15, -0.1) is 0 Å². The van der Waals surface area contributed by atoms with Gasteiger partial charge >= 0.3 is 0 Å². The van der Waals surface area contributed by atoms with Crippen molar-refractivity contribution in [3.63, 3.8) is 0 Å². The lowest BCUT2D eigenvalue weighted by atomic mass is 10.1. The first-order valence-corrected chi connectivity index (χ1v) is 4.99. The standard InChI is InChI=1S/C11H12F2N4/c1-6-16-9(11(14)17(6)15)7-2-4-8(5-3-7)10(12)13/h2-5,10H,14-15H2,1H3. The average Bonchev–Trinajstić information content (AvgIpc) is 2.57. The predicted octanol–water partition coefficient (Wildman–Crippen LogP) is 2.09. The summed E-state index contributed by atoms with van der Waals surface area (Å²) in [6, 6.07) is 5.81. The summed E-state index contributed by atoms with van der Waals surface area (Å²) in [5.74, 6) is 6.50. The molecule has 2 rings (SSSR count). The van der Waals surface area contributed by atoms with Crippen molar-refractivity contribution in [2.24, 2.45) is 0 Å². The molecule has 1 aromatic carbocycles. The van der Waals surface area contributed by atoms with Crippen molar-refractivity contribution in [1.29, 1.82) is 0 Å². The van der Waals surface area contributed by atoms with E-state index in [1.165, 1.54) is 16.8 Å².